The van der Waals surface area contributed by atoms with E-state index in [9.17, 15) is 19.7 Å². The van der Waals surface area contributed by atoms with Gasteiger partial charge in [0.2, 0.25) is 0 Å². The number of amides is 2. The van der Waals surface area contributed by atoms with E-state index < -0.39 is 16.9 Å². The van der Waals surface area contributed by atoms with Crippen LogP contribution in [0.3, 0.4) is 0 Å². The number of carbonyl (C=O) groups is 2. The number of hydrogen-bond acceptors (Lipinski definition) is 4. The third-order valence-electron chi connectivity index (χ3n) is 2.41. The van der Waals surface area contributed by atoms with Crippen molar-refractivity contribution in [3.63, 3.8) is 0 Å². The second kappa shape index (κ2) is 6.00. The number of carbonyl (C=O) groups excluding carboxylic acids is 1. The van der Waals surface area contributed by atoms with Crippen molar-refractivity contribution in [2.75, 3.05) is 5.32 Å². The number of hydrogen-bond donors (Lipinski definition) is 3. The van der Waals surface area contributed by atoms with Crippen LogP contribution in [0.25, 0.3) is 0 Å². The van der Waals surface area contributed by atoms with Crippen LogP contribution < -0.4 is 10.6 Å². The van der Waals surface area contributed by atoms with E-state index in [1.165, 1.54) is 6.92 Å². The molecule has 0 aromatic heterocycles. The van der Waals surface area contributed by atoms with Gasteiger partial charge in [-0.3, -0.25) is 10.1 Å². The molecule has 8 heteroatoms. The van der Waals surface area contributed by atoms with Gasteiger partial charge in [0.05, 0.1) is 16.2 Å². The lowest BCUT2D eigenvalue weighted by Crippen LogP contribution is -2.34. The summed E-state index contributed by atoms with van der Waals surface area (Å²) in [5.41, 5.74) is -0.365. The molecule has 0 saturated carbocycles. The van der Waals surface area contributed by atoms with Gasteiger partial charge in [0.15, 0.2) is 0 Å². The Balaban J connectivity index is 3.23. The molecule has 1 rings (SSSR count). The number of carboxylic acids is 1. The largest absolute Gasteiger partial charge is 0.478 e. The monoisotopic (exact) mass is 281 g/mol. The summed E-state index contributed by atoms with van der Waals surface area (Å²) in [7, 11) is 0. The molecule has 20 heavy (non-hydrogen) atoms. The maximum absolute atomic E-state index is 11.6. The SMILES string of the molecule is Cc1cc([N+](=O)[O-])cc(NC(=O)NC(C)C)c1C(=O)O. The van der Waals surface area contributed by atoms with E-state index in [1.54, 1.807) is 13.8 Å². The second-order valence-corrected chi connectivity index (χ2v) is 4.50. The van der Waals surface area contributed by atoms with Crippen LogP contribution in [0.5, 0.6) is 0 Å². The van der Waals surface area contributed by atoms with E-state index in [4.69, 9.17) is 5.11 Å². The Morgan fingerprint density at radius 3 is 2.40 bits per heavy atom. The number of aryl methyl sites for hydroxylation is 1. The van der Waals surface area contributed by atoms with E-state index in [-0.39, 0.29) is 28.5 Å². The van der Waals surface area contributed by atoms with Gasteiger partial charge in [-0.05, 0) is 26.3 Å². The van der Waals surface area contributed by atoms with Crippen LogP contribution >= 0.6 is 0 Å². The van der Waals surface area contributed by atoms with Crippen LogP contribution in [0.2, 0.25) is 0 Å². The first kappa shape index (κ1) is 15.4. The third-order valence-corrected chi connectivity index (χ3v) is 2.41. The Morgan fingerprint density at radius 2 is 1.95 bits per heavy atom. The fourth-order valence-electron chi connectivity index (χ4n) is 1.68. The highest BCUT2D eigenvalue weighted by molar-refractivity contribution is 6.01. The average molecular weight is 281 g/mol. The molecular formula is C12H15N3O5. The zero-order valence-corrected chi connectivity index (χ0v) is 11.3. The molecule has 0 spiro atoms. The minimum absolute atomic E-state index is 0.109. The van der Waals surface area contributed by atoms with Crippen molar-refractivity contribution in [1.29, 1.82) is 0 Å². The van der Waals surface area contributed by atoms with Gasteiger partial charge in [0, 0.05) is 18.2 Å². The van der Waals surface area contributed by atoms with Gasteiger partial charge in [-0.25, -0.2) is 9.59 Å². The van der Waals surface area contributed by atoms with E-state index in [0.717, 1.165) is 12.1 Å². The molecule has 0 atom stereocenters. The first-order valence-electron chi connectivity index (χ1n) is 5.82. The lowest BCUT2D eigenvalue weighted by Gasteiger charge is -2.13. The molecule has 1 aromatic carbocycles. The number of aromatic carboxylic acids is 1. The molecule has 1 aromatic rings. The number of urea groups is 1. The van der Waals surface area contributed by atoms with E-state index in [0.29, 0.717) is 0 Å². The molecule has 0 heterocycles. The van der Waals surface area contributed by atoms with Crippen molar-refractivity contribution >= 4 is 23.4 Å². The van der Waals surface area contributed by atoms with Crippen molar-refractivity contribution < 1.29 is 19.6 Å². The van der Waals surface area contributed by atoms with Crippen LogP contribution in [-0.2, 0) is 0 Å². The van der Waals surface area contributed by atoms with Gasteiger partial charge in [-0.15, -0.1) is 0 Å². The maximum Gasteiger partial charge on any atom is 0.338 e. The standard InChI is InChI=1S/C12H15N3O5/c1-6(2)13-12(18)14-9-5-8(15(19)20)4-7(3)10(9)11(16)17/h4-6H,1-3H3,(H,16,17)(H2,13,14,18). The summed E-state index contributed by atoms with van der Waals surface area (Å²) in [5.74, 6) is -1.27. The number of nitro benzene ring substituents is 1. The predicted octanol–water partition coefficient (Wildman–Crippen LogP) is 2.13. The van der Waals surface area contributed by atoms with Crippen LogP contribution in [0, 0.1) is 17.0 Å². The Bertz CT molecular complexity index is 568. The zero-order valence-electron chi connectivity index (χ0n) is 11.3. The van der Waals surface area contributed by atoms with Gasteiger partial charge in [-0.1, -0.05) is 0 Å². The van der Waals surface area contributed by atoms with Crippen molar-refractivity contribution in [3.05, 3.63) is 33.4 Å². The van der Waals surface area contributed by atoms with Crippen LogP contribution in [0.1, 0.15) is 29.8 Å². The van der Waals surface area contributed by atoms with Gasteiger partial charge in [0.1, 0.15) is 0 Å². The number of carboxylic acid groups (broad SMARTS) is 1. The van der Waals surface area contributed by atoms with Gasteiger partial charge >= 0.3 is 12.0 Å². The van der Waals surface area contributed by atoms with Crippen LogP contribution in [0.4, 0.5) is 16.2 Å². The molecule has 0 fully saturated rings. The maximum atomic E-state index is 11.6. The molecule has 0 radical (unpaired) electrons. The molecule has 0 aliphatic carbocycles. The summed E-state index contributed by atoms with van der Waals surface area (Å²) in [6, 6.07) is 1.40. The summed E-state index contributed by atoms with van der Waals surface area (Å²) in [6.07, 6.45) is 0. The lowest BCUT2D eigenvalue weighted by molar-refractivity contribution is -0.384. The highest BCUT2D eigenvalue weighted by Crippen LogP contribution is 2.26. The summed E-state index contributed by atoms with van der Waals surface area (Å²) in [5, 5.41) is 24.7. The van der Waals surface area contributed by atoms with Gasteiger partial charge < -0.3 is 15.7 Å². The van der Waals surface area contributed by atoms with E-state index in [1.807, 2.05) is 0 Å². The molecule has 0 unspecified atom stereocenters. The molecule has 0 aliphatic rings. The quantitative estimate of drug-likeness (QED) is 0.576. The van der Waals surface area contributed by atoms with E-state index in [2.05, 4.69) is 10.6 Å². The number of benzene rings is 1. The number of anilines is 1. The topological polar surface area (TPSA) is 122 Å². The number of non-ortho nitro benzene ring substituents is 1. The van der Waals surface area contributed by atoms with Crippen LogP contribution in [0.15, 0.2) is 12.1 Å². The number of rotatable bonds is 4. The normalized spacial score (nSPS) is 10.2. The highest BCUT2D eigenvalue weighted by Gasteiger charge is 2.20. The predicted molar refractivity (Wildman–Crippen MR) is 72.1 cm³/mol. The van der Waals surface area contributed by atoms with Crippen LogP contribution in [-0.4, -0.2) is 28.1 Å². The minimum Gasteiger partial charge on any atom is -0.478 e. The molecule has 0 saturated heterocycles. The van der Waals surface area contributed by atoms with Crippen molar-refractivity contribution in [2.24, 2.45) is 0 Å². The molecule has 8 nitrogen and oxygen atoms in total. The van der Waals surface area contributed by atoms with Gasteiger partial charge in [0.25, 0.3) is 5.69 Å². The van der Waals surface area contributed by atoms with Gasteiger partial charge in [-0.2, -0.15) is 0 Å². The number of nitro groups is 1. The Morgan fingerprint density at radius 1 is 1.35 bits per heavy atom. The minimum atomic E-state index is -1.27. The van der Waals surface area contributed by atoms with Crippen molar-refractivity contribution in [1.82, 2.24) is 5.32 Å². The Kier molecular flexibility index (Phi) is 4.63. The Labute approximate surface area is 114 Å². The average Bonchev–Trinajstić information content (AvgIpc) is 2.25. The molecule has 2 amide bonds. The number of nitrogens with zero attached hydrogens (tertiary/aromatic N) is 1. The summed E-state index contributed by atoms with van der Waals surface area (Å²) in [4.78, 5) is 32.9. The molecule has 3 N–H and O–H groups in total. The van der Waals surface area contributed by atoms with E-state index >= 15 is 0 Å². The summed E-state index contributed by atoms with van der Waals surface area (Å²) < 4.78 is 0. The number of nitrogens with one attached hydrogen (secondary N) is 2. The third kappa shape index (κ3) is 3.67. The molecule has 0 bridgehead atoms. The smallest absolute Gasteiger partial charge is 0.338 e. The first-order chi connectivity index (χ1) is 9.22. The summed E-state index contributed by atoms with van der Waals surface area (Å²) in [6.45, 7) is 4.90. The lowest BCUT2D eigenvalue weighted by atomic mass is 10.1. The molecule has 108 valence electrons. The fourth-order valence-corrected chi connectivity index (χ4v) is 1.68. The fraction of sp³-hybridized carbons (Fsp3) is 0.333. The van der Waals surface area contributed by atoms with Crippen molar-refractivity contribution in [3.8, 4) is 0 Å². The Hall–Kier alpha value is -2.64. The zero-order chi connectivity index (χ0) is 15.4. The second-order valence-electron chi connectivity index (χ2n) is 4.50. The first-order valence-corrected chi connectivity index (χ1v) is 5.82. The summed E-state index contributed by atoms with van der Waals surface area (Å²) >= 11 is 0. The molecule has 0 aliphatic heterocycles. The molecular weight excluding hydrogens is 266 g/mol. The highest BCUT2D eigenvalue weighted by atomic mass is 16.6. The van der Waals surface area contributed by atoms with Crippen molar-refractivity contribution in [2.45, 2.75) is 26.8 Å².